The van der Waals surface area contributed by atoms with E-state index in [1.54, 1.807) is 0 Å². The Balaban J connectivity index is 1.96. The largest absolute Gasteiger partial charge is 0.460 e. The third-order valence-corrected chi connectivity index (χ3v) is 4.64. The van der Waals surface area contributed by atoms with E-state index in [1.807, 2.05) is 32.1 Å². The minimum absolute atomic E-state index is 0.166. The maximum Gasteiger partial charge on any atom is 0.132 e. The summed E-state index contributed by atoms with van der Waals surface area (Å²) < 4.78 is 6.07. The molecule has 0 aromatic heterocycles. The summed E-state index contributed by atoms with van der Waals surface area (Å²) in [7, 11) is 0. The predicted octanol–water partition coefficient (Wildman–Crippen LogP) is 3.65. The highest BCUT2D eigenvalue weighted by atomic mass is 16.5. The van der Waals surface area contributed by atoms with Crippen LogP contribution < -0.4 is 4.74 Å². The molecule has 2 heterocycles. The molecule has 1 aromatic rings. The van der Waals surface area contributed by atoms with Crippen LogP contribution in [0.15, 0.2) is 36.1 Å². The Hall–Kier alpha value is -1.32. The van der Waals surface area contributed by atoms with Crippen LogP contribution in [0.4, 0.5) is 0 Å². The van der Waals surface area contributed by atoms with Gasteiger partial charge in [0.05, 0.1) is 11.6 Å². The summed E-state index contributed by atoms with van der Waals surface area (Å²) in [5, 5.41) is 10.4. The van der Waals surface area contributed by atoms with Crippen LogP contribution in [0.3, 0.4) is 0 Å². The third-order valence-electron chi connectivity index (χ3n) is 4.64. The lowest BCUT2D eigenvalue weighted by Gasteiger charge is -2.32. The van der Waals surface area contributed by atoms with E-state index >= 15 is 0 Å². The predicted molar refractivity (Wildman–Crippen MR) is 84.2 cm³/mol. The summed E-state index contributed by atoms with van der Waals surface area (Å²) in [6, 6.07) is 8.41. The molecule has 3 heteroatoms. The normalized spacial score (nSPS) is 27.2. The molecule has 0 saturated carbocycles. The summed E-state index contributed by atoms with van der Waals surface area (Å²) >= 11 is 0. The molecule has 0 radical (unpaired) electrons. The molecule has 1 fully saturated rings. The molecule has 0 unspecified atom stereocenters. The van der Waals surface area contributed by atoms with Crippen LogP contribution in [0.1, 0.15) is 51.1 Å². The Morgan fingerprint density at radius 2 is 2.00 bits per heavy atom. The molecule has 0 aliphatic carbocycles. The standard InChI is InChI=1S/C18H25NO2/c1-3-18(2,20)13-16-17(19-11-7-4-8-12-19)14-9-5-6-10-15(14)21-16/h5-6,9-10,13,17,20H,3-4,7-8,11-12H2,1-2H3/b16-13+/t17-,18-/m0/s1. The first-order valence-corrected chi connectivity index (χ1v) is 8.07. The van der Waals surface area contributed by atoms with Gasteiger partial charge in [0, 0.05) is 5.56 Å². The average Bonchev–Trinajstić information content (AvgIpc) is 2.85. The summed E-state index contributed by atoms with van der Waals surface area (Å²) in [6.45, 7) is 6.05. The molecular formula is C18H25NO2. The Morgan fingerprint density at radius 1 is 1.29 bits per heavy atom. The summed E-state index contributed by atoms with van der Waals surface area (Å²) in [5.74, 6) is 1.83. The number of hydrogen-bond acceptors (Lipinski definition) is 3. The molecule has 2 atom stereocenters. The van der Waals surface area contributed by atoms with Crippen LogP contribution in [0.5, 0.6) is 5.75 Å². The van der Waals surface area contributed by atoms with Crippen molar-refractivity contribution in [2.24, 2.45) is 0 Å². The second kappa shape index (κ2) is 5.82. The summed E-state index contributed by atoms with van der Waals surface area (Å²) in [6.07, 6.45) is 6.40. The lowest BCUT2D eigenvalue weighted by molar-refractivity contribution is 0.0994. The van der Waals surface area contributed by atoms with E-state index in [1.165, 1.54) is 24.8 Å². The topological polar surface area (TPSA) is 32.7 Å². The zero-order chi connectivity index (χ0) is 14.9. The van der Waals surface area contributed by atoms with Gasteiger partial charge in [-0.2, -0.15) is 0 Å². The van der Waals surface area contributed by atoms with E-state index in [9.17, 15) is 5.11 Å². The van der Waals surface area contributed by atoms with Crippen molar-refractivity contribution in [3.8, 4) is 5.75 Å². The van der Waals surface area contributed by atoms with E-state index in [0.717, 1.165) is 24.6 Å². The first kappa shape index (κ1) is 14.6. The molecule has 3 rings (SSSR count). The van der Waals surface area contributed by atoms with Crippen molar-refractivity contribution in [1.82, 2.24) is 4.90 Å². The monoisotopic (exact) mass is 287 g/mol. The Kier molecular flexibility index (Phi) is 4.05. The third kappa shape index (κ3) is 2.99. The number of aliphatic hydroxyl groups is 1. The Morgan fingerprint density at radius 3 is 2.71 bits per heavy atom. The van der Waals surface area contributed by atoms with Gasteiger partial charge >= 0.3 is 0 Å². The molecule has 1 N–H and O–H groups in total. The van der Waals surface area contributed by atoms with Crippen LogP contribution in [0.2, 0.25) is 0 Å². The van der Waals surface area contributed by atoms with Crippen LogP contribution in [0, 0.1) is 0 Å². The molecule has 1 aromatic carbocycles. The zero-order valence-electron chi connectivity index (χ0n) is 13.0. The van der Waals surface area contributed by atoms with Crippen molar-refractivity contribution in [3.05, 3.63) is 41.7 Å². The maximum atomic E-state index is 10.4. The molecule has 0 amide bonds. The number of benzene rings is 1. The van der Waals surface area contributed by atoms with E-state index in [-0.39, 0.29) is 6.04 Å². The van der Waals surface area contributed by atoms with Crippen molar-refractivity contribution >= 4 is 0 Å². The molecule has 0 spiro atoms. The number of fused-ring (bicyclic) bond motifs is 1. The number of piperidine rings is 1. The van der Waals surface area contributed by atoms with Crippen LogP contribution in [0.25, 0.3) is 0 Å². The number of nitrogens with zero attached hydrogens (tertiary/aromatic N) is 1. The number of hydrogen-bond donors (Lipinski definition) is 1. The Labute approximate surface area is 127 Å². The van der Waals surface area contributed by atoms with Crippen molar-refractivity contribution in [3.63, 3.8) is 0 Å². The highest BCUT2D eigenvalue weighted by molar-refractivity contribution is 5.46. The van der Waals surface area contributed by atoms with Crippen LogP contribution >= 0.6 is 0 Å². The molecule has 0 bridgehead atoms. The van der Waals surface area contributed by atoms with Crippen LogP contribution in [-0.2, 0) is 0 Å². The van der Waals surface area contributed by atoms with Gasteiger partial charge < -0.3 is 9.84 Å². The zero-order valence-corrected chi connectivity index (χ0v) is 13.0. The van der Waals surface area contributed by atoms with Gasteiger partial charge in [0.15, 0.2) is 0 Å². The van der Waals surface area contributed by atoms with Crippen molar-refractivity contribution in [2.45, 2.75) is 51.2 Å². The fourth-order valence-corrected chi connectivity index (χ4v) is 3.21. The number of ether oxygens (including phenoxy) is 1. The average molecular weight is 287 g/mol. The molecular weight excluding hydrogens is 262 g/mol. The SMILES string of the molecule is CC[C@](C)(O)/C=C1/Oc2ccccc2[C@@H]1N1CCCCC1. The molecule has 3 nitrogen and oxygen atoms in total. The van der Waals surface area contributed by atoms with Gasteiger partial charge in [-0.3, -0.25) is 4.90 Å². The second-order valence-electron chi connectivity index (χ2n) is 6.40. The van der Waals surface area contributed by atoms with E-state index in [0.29, 0.717) is 6.42 Å². The number of para-hydroxylation sites is 1. The molecule has 1 saturated heterocycles. The van der Waals surface area contributed by atoms with Crippen molar-refractivity contribution in [1.29, 1.82) is 0 Å². The molecule has 21 heavy (non-hydrogen) atoms. The minimum Gasteiger partial charge on any atom is -0.460 e. The number of likely N-dealkylation sites (tertiary alicyclic amines) is 1. The van der Waals surface area contributed by atoms with Gasteiger partial charge in [-0.15, -0.1) is 0 Å². The van der Waals surface area contributed by atoms with Crippen molar-refractivity contribution in [2.75, 3.05) is 13.1 Å². The first-order chi connectivity index (χ1) is 10.1. The minimum atomic E-state index is -0.814. The van der Waals surface area contributed by atoms with E-state index in [2.05, 4.69) is 17.0 Å². The molecule has 114 valence electrons. The molecule has 2 aliphatic rings. The highest BCUT2D eigenvalue weighted by Gasteiger charge is 2.36. The highest BCUT2D eigenvalue weighted by Crippen LogP contribution is 2.44. The van der Waals surface area contributed by atoms with Gasteiger partial charge in [-0.1, -0.05) is 31.5 Å². The van der Waals surface area contributed by atoms with Gasteiger partial charge in [0.2, 0.25) is 0 Å². The summed E-state index contributed by atoms with van der Waals surface area (Å²) in [4.78, 5) is 2.49. The van der Waals surface area contributed by atoms with Crippen LogP contribution in [-0.4, -0.2) is 28.7 Å². The van der Waals surface area contributed by atoms with Crippen molar-refractivity contribution < 1.29 is 9.84 Å². The lowest BCUT2D eigenvalue weighted by atomic mass is 9.97. The number of rotatable bonds is 3. The van der Waals surface area contributed by atoms with Gasteiger partial charge in [-0.05, 0) is 51.4 Å². The second-order valence-corrected chi connectivity index (χ2v) is 6.40. The maximum absolute atomic E-state index is 10.4. The summed E-state index contributed by atoms with van der Waals surface area (Å²) in [5.41, 5.74) is 0.420. The van der Waals surface area contributed by atoms with E-state index in [4.69, 9.17) is 4.74 Å². The van der Waals surface area contributed by atoms with Gasteiger partial charge in [0.1, 0.15) is 11.5 Å². The fraction of sp³-hybridized carbons (Fsp3) is 0.556. The van der Waals surface area contributed by atoms with Gasteiger partial charge in [-0.25, -0.2) is 0 Å². The smallest absolute Gasteiger partial charge is 0.132 e. The van der Waals surface area contributed by atoms with E-state index < -0.39 is 5.60 Å². The quantitative estimate of drug-likeness (QED) is 0.921. The van der Waals surface area contributed by atoms with Gasteiger partial charge in [0.25, 0.3) is 0 Å². The lowest BCUT2D eigenvalue weighted by Crippen LogP contribution is -2.34. The first-order valence-electron chi connectivity index (χ1n) is 8.07. The fourth-order valence-electron chi connectivity index (χ4n) is 3.21. The Bertz CT molecular complexity index is 530. The molecule has 2 aliphatic heterocycles.